The van der Waals surface area contributed by atoms with E-state index in [9.17, 15) is 12.8 Å². The molecule has 20 heavy (non-hydrogen) atoms. The first-order valence-corrected chi connectivity index (χ1v) is 7.90. The molecule has 2 aromatic carbocycles. The molecule has 0 bridgehead atoms. The van der Waals surface area contributed by atoms with Gasteiger partial charge in [-0.25, -0.2) is 12.8 Å². The van der Waals surface area contributed by atoms with Crippen molar-refractivity contribution in [3.05, 3.63) is 52.3 Å². The monoisotopic (exact) mass is 358 g/mol. The fourth-order valence-corrected chi connectivity index (χ4v) is 3.88. The molecule has 0 unspecified atom stereocenters. The molecular weight excluding hydrogens is 347 g/mol. The fraction of sp³-hybridized carbons (Fsp3) is 0.0769. The number of nitrogens with two attached hydrogens (primary N) is 1. The lowest BCUT2D eigenvalue weighted by Gasteiger charge is -2.10. The first-order chi connectivity index (χ1) is 9.28. The Hall–Kier alpha value is -1.60. The number of sulfonamides is 1. The zero-order valence-corrected chi connectivity index (χ0v) is 12.9. The standard InChI is InChI=1S/C13H12BrFN2O2S/c1-8-4-9(15)6-11(5-8)17-20(18,19)13-3-2-10(16)7-12(13)14/h2-7,17H,16H2,1H3. The highest BCUT2D eigenvalue weighted by atomic mass is 79.9. The third kappa shape index (κ3) is 3.29. The van der Waals surface area contributed by atoms with E-state index in [-0.39, 0.29) is 10.6 Å². The van der Waals surface area contributed by atoms with E-state index in [1.807, 2.05) is 0 Å². The third-order valence-corrected chi connectivity index (χ3v) is 4.90. The number of halogens is 2. The summed E-state index contributed by atoms with van der Waals surface area (Å²) in [5, 5.41) is 0. The lowest BCUT2D eigenvalue weighted by atomic mass is 10.2. The van der Waals surface area contributed by atoms with E-state index in [1.165, 1.54) is 24.3 Å². The quantitative estimate of drug-likeness (QED) is 0.827. The van der Waals surface area contributed by atoms with E-state index in [0.717, 1.165) is 6.07 Å². The van der Waals surface area contributed by atoms with Crippen molar-refractivity contribution in [2.24, 2.45) is 0 Å². The van der Waals surface area contributed by atoms with Crippen LogP contribution >= 0.6 is 15.9 Å². The van der Waals surface area contributed by atoms with Crippen LogP contribution in [0.2, 0.25) is 0 Å². The zero-order valence-electron chi connectivity index (χ0n) is 10.5. The van der Waals surface area contributed by atoms with E-state index in [1.54, 1.807) is 13.0 Å². The van der Waals surface area contributed by atoms with Gasteiger partial charge in [-0.1, -0.05) is 0 Å². The molecule has 0 aliphatic carbocycles. The van der Waals surface area contributed by atoms with Crippen molar-refractivity contribution in [2.45, 2.75) is 11.8 Å². The van der Waals surface area contributed by atoms with Gasteiger partial charge in [0.1, 0.15) is 10.7 Å². The minimum absolute atomic E-state index is 0.0358. The van der Waals surface area contributed by atoms with Crippen molar-refractivity contribution in [2.75, 3.05) is 10.5 Å². The molecular formula is C13H12BrFN2O2S. The van der Waals surface area contributed by atoms with Crippen molar-refractivity contribution in [1.82, 2.24) is 0 Å². The second-order valence-electron chi connectivity index (χ2n) is 4.31. The van der Waals surface area contributed by atoms with E-state index in [2.05, 4.69) is 20.7 Å². The van der Waals surface area contributed by atoms with Gasteiger partial charge >= 0.3 is 0 Å². The highest BCUT2D eigenvalue weighted by Crippen LogP contribution is 2.26. The summed E-state index contributed by atoms with van der Waals surface area (Å²) in [6.45, 7) is 1.68. The van der Waals surface area contributed by atoms with E-state index >= 15 is 0 Å². The second kappa shape index (κ2) is 5.41. The molecule has 0 saturated heterocycles. The van der Waals surface area contributed by atoms with E-state index in [4.69, 9.17) is 5.73 Å². The van der Waals surface area contributed by atoms with Gasteiger partial charge in [0.2, 0.25) is 0 Å². The molecule has 7 heteroatoms. The summed E-state index contributed by atoms with van der Waals surface area (Å²) in [5.74, 6) is -0.501. The molecule has 2 rings (SSSR count). The number of hydrogen-bond donors (Lipinski definition) is 2. The Morgan fingerprint density at radius 3 is 2.50 bits per heavy atom. The number of nitrogen functional groups attached to an aromatic ring is 1. The Morgan fingerprint density at radius 1 is 1.20 bits per heavy atom. The van der Waals surface area contributed by atoms with Crippen molar-refractivity contribution in [3.63, 3.8) is 0 Å². The Balaban J connectivity index is 2.40. The number of rotatable bonds is 3. The summed E-state index contributed by atoms with van der Waals surface area (Å²) in [6.07, 6.45) is 0. The Kier molecular flexibility index (Phi) is 4.01. The van der Waals surface area contributed by atoms with Crippen molar-refractivity contribution >= 4 is 37.3 Å². The SMILES string of the molecule is Cc1cc(F)cc(NS(=O)(=O)c2ccc(N)cc2Br)c1. The molecule has 0 aliphatic rings. The number of nitrogens with one attached hydrogen (secondary N) is 1. The van der Waals surface area contributed by atoms with Crippen LogP contribution in [0.15, 0.2) is 45.8 Å². The Labute approximate surface area is 125 Å². The van der Waals surface area contributed by atoms with Crippen LogP contribution in [0.3, 0.4) is 0 Å². The summed E-state index contributed by atoms with van der Waals surface area (Å²) in [5.41, 5.74) is 6.81. The summed E-state index contributed by atoms with van der Waals surface area (Å²) < 4.78 is 40.5. The Bertz CT molecular complexity index is 743. The molecule has 0 aromatic heterocycles. The smallest absolute Gasteiger partial charge is 0.263 e. The molecule has 0 aliphatic heterocycles. The van der Waals surface area contributed by atoms with Gasteiger partial charge < -0.3 is 5.73 Å². The molecule has 0 saturated carbocycles. The molecule has 0 amide bonds. The number of anilines is 2. The highest BCUT2D eigenvalue weighted by molar-refractivity contribution is 9.10. The van der Waals surface area contributed by atoms with Gasteiger partial charge in [0.15, 0.2) is 0 Å². The van der Waals surface area contributed by atoms with Crippen LogP contribution in [0.4, 0.5) is 15.8 Å². The molecule has 0 spiro atoms. The molecule has 0 atom stereocenters. The Morgan fingerprint density at radius 2 is 1.90 bits per heavy atom. The normalized spacial score (nSPS) is 11.3. The lowest BCUT2D eigenvalue weighted by molar-refractivity contribution is 0.600. The average molecular weight is 359 g/mol. The van der Waals surface area contributed by atoms with Crippen molar-refractivity contribution < 1.29 is 12.8 Å². The van der Waals surface area contributed by atoms with E-state index < -0.39 is 15.8 Å². The average Bonchev–Trinajstić information content (AvgIpc) is 2.25. The highest BCUT2D eigenvalue weighted by Gasteiger charge is 2.18. The maximum Gasteiger partial charge on any atom is 0.263 e. The molecule has 0 fully saturated rings. The summed E-state index contributed by atoms with van der Waals surface area (Å²) >= 11 is 3.15. The fourth-order valence-electron chi connectivity index (χ4n) is 1.74. The maximum atomic E-state index is 13.3. The van der Waals surface area contributed by atoms with Crippen LogP contribution in [-0.4, -0.2) is 8.42 Å². The van der Waals surface area contributed by atoms with Gasteiger partial charge in [-0.3, -0.25) is 4.72 Å². The minimum atomic E-state index is -3.81. The second-order valence-corrected chi connectivity index (χ2v) is 6.82. The number of aryl methyl sites for hydroxylation is 1. The van der Waals surface area contributed by atoms with Crippen molar-refractivity contribution in [1.29, 1.82) is 0 Å². The predicted octanol–water partition coefficient (Wildman–Crippen LogP) is 3.28. The van der Waals surface area contributed by atoms with Crippen LogP contribution in [0, 0.1) is 12.7 Å². The van der Waals surface area contributed by atoms with Gasteiger partial charge in [-0.05, 0) is 64.8 Å². The van der Waals surface area contributed by atoms with Crippen molar-refractivity contribution in [3.8, 4) is 0 Å². The van der Waals surface area contributed by atoms with Crippen LogP contribution in [0.5, 0.6) is 0 Å². The van der Waals surface area contributed by atoms with E-state index in [0.29, 0.717) is 15.7 Å². The molecule has 0 radical (unpaired) electrons. The summed E-state index contributed by atoms with van der Waals surface area (Å²) in [7, 11) is -3.81. The van der Waals surface area contributed by atoms with Crippen LogP contribution in [-0.2, 0) is 10.0 Å². The minimum Gasteiger partial charge on any atom is -0.399 e. The maximum absolute atomic E-state index is 13.3. The zero-order chi connectivity index (χ0) is 14.9. The number of benzene rings is 2. The summed E-state index contributed by atoms with van der Waals surface area (Å²) in [4.78, 5) is 0.0358. The topological polar surface area (TPSA) is 72.2 Å². The predicted molar refractivity (Wildman–Crippen MR) is 80.5 cm³/mol. The van der Waals surface area contributed by atoms with Gasteiger partial charge in [0, 0.05) is 10.2 Å². The van der Waals surface area contributed by atoms with Gasteiger partial charge in [-0.15, -0.1) is 0 Å². The van der Waals surface area contributed by atoms with Gasteiger partial charge in [0.05, 0.1) is 5.69 Å². The lowest BCUT2D eigenvalue weighted by Crippen LogP contribution is -2.14. The largest absolute Gasteiger partial charge is 0.399 e. The molecule has 0 heterocycles. The van der Waals surface area contributed by atoms with Crippen LogP contribution in [0.25, 0.3) is 0 Å². The molecule has 2 aromatic rings. The molecule has 4 nitrogen and oxygen atoms in total. The van der Waals surface area contributed by atoms with Crippen LogP contribution in [0.1, 0.15) is 5.56 Å². The molecule has 3 N–H and O–H groups in total. The van der Waals surface area contributed by atoms with Gasteiger partial charge in [0.25, 0.3) is 10.0 Å². The number of hydrogen-bond acceptors (Lipinski definition) is 3. The first kappa shape index (κ1) is 14.8. The first-order valence-electron chi connectivity index (χ1n) is 5.63. The summed E-state index contributed by atoms with van der Waals surface area (Å²) in [6, 6.07) is 8.34. The van der Waals surface area contributed by atoms with Crippen LogP contribution < -0.4 is 10.5 Å². The third-order valence-electron chi connectivity index (χ3n) is 2.54. The molecule has 106 valence electrons. The van der Waals surface area contributed by atoms with Gasteiger partial charge in [-0.2, -0.15) is 0 Å².